The van der Waals surface area contributed by atoms with Crippen molar-refractivity contribution in [2.45, 2.75) is 31.8 Å². The smallest absolute Gasteiger partial charge is 0.0184 e. The van der Waals surface area contributed by atoms with Gasteiger partial charge in [-0.1, -0.05) is 12.1 Å². The van der Waals surface area contributed by atoms with Crippen LogP contribution in [0.1, 0.15) is 35.4 Å². The molecular formula is C11H15N2. The number of nitrogens with two attached hydrogens (primary N) is 2. The zero-order valence-corrected chi connectivity index (χ0v) is 7.72. The van der Waals surface area contributed by atoms with E-state index in [0.29, 0.717) is 13.1 Å². The van der Waals surface area contributed by atoms with Crippen LogP contribution in [0.25, 0.3) is 0 Å². The van der Waals surface area contributed by atoms with Gasteiger partial charge in [0.25, 0.3) is 0 Å². The zero-order valence-electron chi connectivity index (χ0n) is 7.72. The summed E-state index contributed by atoms with van der Waals surface area (Å²) >= 11 is 0. The summed E-state index contributed by atoms with van der Waals surface area (Å²) in [5.74, 6) is 0.733. The Morgan fingerprint density at radius 2 is 2.00 bits per heavy atom. The van der Waals surface area contributed by atoms with Gasteiger partial charge in [0.15, 0.2) is 0 Å². The van der Waals surface area contributed by atoms with Crippen LogP contribution in [0.5, 0.6) is 0 Å². The SMILES string of the molecule is NCc1[c]c(C2CC2)cc(CN)c1. The highest BCUT2D eigenvalue weighted by molar-refractivity contribution is 5.33. The van der Waals surface area contributed by atoms with Crippen molar-refractivity contribution in [2.75, 3.05) is 0 Å². The molecule has 1 aromatic carbocycles. The van der Waals surface area contributed by atoms with Gasteiger partial charge in [-0.2, -0.15) is 0 Å². The zero-order chi connectivity index (χ0) is 9.26. The number of benzene rings is 1. The fourth-order valence-corrected chi connectivity index (χ4v) is 1.56. The Hall–Kier alpha value is -0.860. The Morgan fingerprint density at radius 3 is 2.54 bits per heavy atom. The van der Waals surface area contributed by atoms with Crippen LogP contribution in [0.15, 0.2) is 12.1 Å². The molecule has 0 aliphatic heterocycles. The molecule has 1 aromatic rings. The van der Waals surface area contributed by atoms with E-state index in [1.807, 2.05) is 6.07 Å². The van der Waals surface area contributed by atoms with E-state index in [9.17, 15) is 0 Å². The van der Waals surface area contributed by atoms with Crippen LogP contribution in [-0.4, -0.2) is 0 Å². The standard InChI is InChI=1S/C11H15N2/c12-6-8-3-9(7-13)5-11(4-8)10-1-2-10/h3-4,10H,1-2,6-7,12-13H2. The molecule has 1 saturated carbocycles. The second-order valence-corrected chi connectivity index (χ2v) is 3.65. The van der Waals surface area contributed by atoms with Gasteiger partial charge in [-0.05, 0) is 41.5 Å². The van der Waals surface area contributed by atoms with Crippen molar-refractivity contribution < 1.29 is 0 Å². The highest BCUT2D eigenvalue weighted by Crippen LogP contribution is 2.40. The first-order valence-electron chi connectivity index (χ1n) is 4.78. The van der Waals surface area contributed by atoms with E-state index in [0.717, 1.165) is 11.5 Å². The lowest BCUT2D eigenvalue weighted by molar-refractivity contribution is 0.993. The first-order chi connectivity index (χ1) is 6.33. The fraction of sp³-hybridized carbons (Fsp3) is 0.455. The highest BCUT2D eigenvalue weighted by atomic mass is 14.5. The predicted octanol–water partition coefficient (Wildman–Crippen LogP) is 1.28. The van der Waals surface area contributed by atoms with Crippen LogP contribution >= 0.6 is 0 Å². The summed E-state index contributed by atoms with van der Waals surface area (Å²) in [6.45, 7) is 1.16. The minimum atomic E-state index is 0.563. The molecule has 13 heavy (non-hydrogen) atoms. The van der Waals surface area contributed by atoms with Gasteiger partial charge in [0.2, 0.25) is 0 Å². The largest absolute Gasteiger partial charge is 0.326 e. The lowest BCUT2D eigenvalue weighted by Crippen LogP contribution is -2.02. The van der Waals surface area contributed by atoms with E-state index < -0.39 is 0 Å². The molecule has 1 fully saturated rings. The maximum Gasteiger partial charge on any atom is 0.0184 e. The van der Waals surface area contributed by atoms with Crippen LogP contribution in [0.3, 0.4) is 0 Å². The molecule has 0 atom stereocenters. The summed E-state index contributed by atoms with van der Waals surface area (Å²) in [4.78, 5) is 0. The van der Waals surface area contributed by atoms with Crippen molar-refractivity contribution in [2.24, 2.45) is 11.5 Å². The van der Waals surface area contributed by atoms with Gasteiger partial charge >= 0.3 is 0 Å². The molecule has 1 aliphatic carbocycles. The Bertz CT molecular complexity index is 281. The molecule has 69 valence electrons. The normalized spacial score (nSPS) is 16.2. The Balaban J connectivity index is 2.33. The van der Waals surface area contributed by atoms with E-state index in [-0.39, 0.29) is 0 Å². The van der Waals surface area contributed by atoms with Crippen molar-refractivity contribution >= 4 is 0 Å². The molecule has 2 rings (SSSR count). The monoisotopic (exact) mass is 175 g/mol. The minimum Gasteiger partial charge on any atom is -0.326 e. The summed E-state index contributed by atoms with van der Waals surface area (Å²) < 4.78 is 0. The molecule has 0 heterocycles. The molecule has 2 nitrogen and oxygen atoms in total. The third-order valence-electron chi connectivity index (χ3n) is 2.48. The van der Waals surface area contributed by atoms with E-state index in [4.69, 9.17) is 11.5 Å². The van der Waals surface area contributed by atoms with Crippen molar-refractivity contribution in [3.63, 3.8) is 0 Å². The Morgan fingerprint density at radius 1 is 1.23 bits per heavy atom. The number of rotatable bonds is 3. The van der Waals surface area contributed by atoms with E-state index in [1.54, 1.807) is 0 Å². The predicted molar refractivity (Wildman–Crippen MR) is 53.0 cm³/mol. The molecule has 2 heteroatoms. The first-order valence-corrected chi connectivity index (χ1v) is 4.78. The number of hydrogen-bond acceptors (Lipinski definition) is 2. The van der Waals surface area contributed by atoms with E-state index in [2.05, 4.69) is 12.1 Å². The van der Waals surface area contributed by atoms with Gasteiger partial charge < -0.3 is 11.5 Å². The van der Waals surface area contributed by atoms with Gasteiger partial charge in [-0.15, -0.1) is 0 Å². The minimum absolute atomic E-state index is 0.563. The van der Waals surface area contributed by atoms with Gasteiger partial charge in [0, 0.05) is 13.1 Å². The molecule has 0 aromatic heterocycles. The number of hydrogen-bond donors (Lipinski definition) is 2. The van der Waals surface area contributed by atoms with E-state index >= 15 is 0 Å². The van der Waals surface area contributed by atoms with Crippen LogP contribution in [-0.2, 0) is 13.1 Å². The Labute approximate surface area is 78.9 Å². The quantitative estimate of drug-likeness (QED) is 0.727. The summed E-state index contributed by atoms with van der Waals surface area (Å²) in [5, 5.41) is 0. The van der Waals surface area contributed by atoms with Crippen molar-refractivity contribution in [1.82, 2.24) is 0 Å². The third-order valence-corrected chi connectivity index (χ3v) is 2.48. The lowest BCUT2D eigenvalue weighted by Gasteiger charge is -2.05. The highest BCUT2D eigenvalue weighted by Gasteiger charge is 2.24. The van der Waals surface area contributed by atoms with Crippen molar-refractivity contribution in [3.8, 4) is 0 Å². The van der Waals surface area contributed by atoms with Crippen molar-refractivity contribution in [1.29, 1.82) is 0 Å². The lowest BCUT2D eigenvalue weighted by atomic mass is 10.0. The van der Waals surface area contributed by atoms with Gasteiger partial charge in [0.1, 0.15) is 0 Å². The summed E-state index contributed by atoms with van der Waals surface area (Å²) in [6.07, 6.45) is 2.60. The van der Waals surface area contributed by atoms with E-state index in [1.165, 1.54) is 24.0 Å². The molecule has 1 radical (unpaired) electrons. The fourth-order valence-electron chi connectivity index (χ4n) is 1.56. The van der Waals surface area contributed by atoms with Gasteiger partial charge in [-0.3, -0.25) is 0 Å². The van der Waals surface area contributed by atoms with Crippen LogP contribution < -0.4 is 11.5 Å². The van der Waals surface area contributed by atoms with Crippen molar-refractivity contribution in [3.05, 3.63) is 34.9 Å². The molecule has 0 saturated heterocycles. The molecule has 0 spiro atoms. The first kappa shape index (κ1) is 8.73. The maximum atomic E-state index is 5.61. The maximum absolute atomic E-state index is 5.61. The summed E-state index contributed by atoms with van der Waals surface area (Å²) in [7, 11) is 0. The van der Waals surface area contributed by atoms with Crippen LogP contribution in [0, 0.1) is 6.07 Å². The molecule has 4 N–H and O–H groups in total. The average Bonchev–Trinajstić information content (AvgIpc) is 3.00. The average molecular weight is 175 g/mol. The molecular weight excluding hydrogens is 160 g/mol. The Kier molecular flexibility index (Phi) is 2.34. The van der Waals surface area contributed by atoms with Gasteiger partial charge in [0.05, 0.1) is 0 Å². The molecule has 0 unspecified atom stereocenters. The second-order valence-electron chi connectivity index (χ2n) is 3.65. The summed E-state index contributed by atoms with van der Waals surface area (Å²) in [6, 6.07) is 7.56. The molecule has 0 bridgehead atoms. The van der Waals surface area contributed by atoms with Gasteiger partial charge in [-0.25, -0.2) is 0 Å². The van der Waals surface area contributed by atoms with Crippen LogP contribution in [0.2, 0.25) is 0 Å². The molecule has 0 amide bonds. The second kappa shape index (κ2) is 3.48. The molecule has 1 aliphatic rings. The van der Waals surface area contributed by atoms with Crippen LogP contribution in [0.4, 0.5) is 0 Å². The topological polar surface area (TPSA) is 52.0 Å². The summed E-state index contributed by atoms with van der Waals surface area (Å²) in [5.41, 5.74) is 14.8. The third kappa shape index (κ3) is 1.90.